The van der Waals surface area contributed by atoms with Crippen molar-refractivity contribution in [3.63, 3.8) is 0 Å². The van der Waals surface area contributed by atoms with Crippen LogP contribution in [0.1, 0.15) is 70.6 Å². The molecule has 7 rings (SSSR count). The van der Waals surface area contributed by atoms with Crippen LogP contribution in [0, 0.1) is 0 Å². The molecule has 1 N–H and O–H groups in total. The zero-order valence-corrected chi connectivity index (χ0v) is 25.6. The molecule has 2 aliphatic heterocycles. The van der Waals surface area contributed by atoms with Gasteiger partial charge < -0.3 is 25.5 Å². The molecule has 210 valence electrons. The molecule has 1 spiro atoms. The van der Waals surface area contributed by atoms with Crippen molar-refractivity contribution in [2.75, 3.05) is 20.2 Å². The summed E-state index contributed by atoms with van der Waals surface area (Å²) in [7, 11) is 1.63. The summed E-state index contributed by atoms with van der Waals surface area (Å²) in [6.45, 7) is 0.963. The molecule has 0 bridgehead atoms. The number of amides is 1. The topological polar surface area (TPSA) is 111 Å². The number of fused-ring (bicyclic) bond motifs is 2. The number of carbonyl (C=O) groups excluding carboxylic acids is 2. The fraction of sp³-hybridized carbons (Fsp3) is 0.312. The molecular formula is C32H30N3NaO6. The first-order valence-corrected chi connectivity index (χ1v) is 13.9. The summed E-state index contributed by atoms with van der Waals surface area (Å²) in [5.41, 5.74) is 2.69. The largest absolute Gasteiger partial charge is 1.00 e. The van der Waals surface area contributed by atoms with Gasteiger partial charge in [-0.05, 0) is 61.4 Å². The van der Waals surface area contributed by atoms with Crippen molar-refractivity contribution in [2.24, 2.45) is 0 Å². The summed E-state index contributed by atoms with van der Waals surface area (Å²) in [4.78, 5) is 44.4. The fourth-order valence-corrected chi connectivity index (χ4v) is 6.15. The van der Waals surface area contributed by atoms with E-state index < -0.39 is 11.6 Å². The minimum atomic E-state index is -1.04. The van der Waals surface area contributed by atoms with Gasteiger partial charge >= 0.3 is 35.5 Å². The number of hydrogen-bond acceptors (Lipinski definition) is 6. The summed E-state index contributed by atoms with van der Waals surface area (Å²) < 4.78 is 14.3. The number of methoxy groups -OCH3 is 1. The van der Waals surface area contributed by atoms with E-state index in [-0.39, 0.29) is 54.7 Å². The molecule has 4 aromatic rings. The number of hydrogen-bond donors (Lipinski definition) is 1. The Labute approximate surface area is 266 Å². The van der Waals surface area contributed by atoms with Crippen molar-refractivity contribution in [3.8, 4) is 22.8 Å². The van der Waals surface area contributed by atoms with Gasteiger partial charge in [-0.25, -0.2) is 4.79 Å². The second-order valence-corrected chi connectivity index (χ2v) is 11.2. The molecule has 42 heavy (non-hydrogen) atoms. The van der Waals surface area contributed by atoms with E-state index in [9.17, 15) is 19.5 Å². The number of aromatic nitrogens is 2. The van der Waals surface area contributed by atoms with Gasteiger partial charge in [-0.2, -0.15) is 0 Å². The second kappa shape index (κ2) is 10.9. The third-order valence-corrected chi connectivity index (χ3v) is 8.56. The van der Waals surface area contributed by atoms with E-state index in [0.29, 0.717) is 65.9 Å². The van der Waals surface area contributed by atoms with Crippen LogP contribution in [-0.4, -0.2) is 63.0 Å². The number of ketones is 1. The standard InChI is InChI=1S/C32H29N3O6.Na.H/c1-40-29-17-21(16-26-23(29)7-11-35(26)22-3-4-22)30(37)34-12-8-32(9-13-34)18-27(36)24-14-19(2-5-28(24)41-32)25-15-20(31(38)39)6-10-33-25;;/h2,5-7,10-11,14-17,22H,3-4,8-9,12-13,18H2,1H3,(H,38,39);;/q;+1;-1. The maximum absolute atomic E-state index is 13.6. The molecule has 1 saturated heterocycles. The van der Waals surface area contributed by atoms with E-state index in [2.05, 4.69) is 15.7 Å². The van der Waals surface area contributed by atoms with E-state index in [4.69, 9.17) is 9.47 Å². The van der Waals surface area contributed by atoms with Crippen molar-refractivity contribution in [2.45, 2.75) is 43.7 Å². The number of likely N-dealkylation sites (tertiary alicyclic amines) is 1. The van der Waals surface area contributed by atoms with Crippen molar-refractivity contribution in [3.05, 3.63) is 77.6 Å². The number of ether oxygens (including phenoxy) is 2. The maximum Gasteiger partial charge on any atom is 1.00 e. The minimum absolute atomic E-state index is 0. The zero-order valence-electron chi connectivity index (χ0n) is 24.6. The number of carboxylic acid groups (broad SMARTS) is 1. The Bertz CT molecular complexity index is 1740. The molecular weight excluding hydrogens is 545 g/mol. The number of pyridine rings is 1. The van der Waals surface area contributed by atoms with Crippen LogP contribution in [0.3, 0.4) is 0 Å². The van der Waals surface area contributed by atoms with Gasteiger partial charge in [0, 0.05) is 60.9 Å². The molecule has 4 heterocycles. The average molecular weight is 576 g/mol. The molecule has 0 radical (unpaired) electrons. The first-order valence-electron chi connectivity index (χ1n) is 13.9. The maximum atomic E-state index is 13.6. The van der Waals surface area contributed by atoms with Gasteiger partial charge in [0.25, 0.3) is 5.91 Å². The van der Waals surface area contributed by atoms with Crippen molar-refractivity contribution >= 4 is 28.6 Å². The molecule has 2 aromatic heterocycles. The van der Waals surface area contributed by atoms with Crippen LogP contribution in [-0.2, 0) is 0 Å². The molecule has 9 nitrogen and oxygen atoms in total. The number of aromatic carboxylic acids is 1. The quantitative estimate of drug-likeness (QED) is 0.364. The molecule has 0 unspecified atom stereocenters. The normalized spacial score (nSPS) is 17.4. The van der Waals surface area contributed by atoms with Crippen LogP contribution in [0.4, 0.5) is 0 Å². The Balaban J connectivity index is 0.00000184. The van der Waals surface area contributed by atoms with Gasteiger partial charge in [-0.1, -0.05) is 0 Å². The minimum Gasteiger partial charge on any atom is -1.00 e. The SMILES string of the molecule is COc1cc(C(=O)N2CCC3(CC2)CC(=O)c2cc(-c4cc(C(=O)O)ccn4)ccc2O3)cc2c1ccn2C1CC1.[H-].[Na+]. The Morgan fingerprint density at radius 3 is 2.57 bits per heavy atom. The number of rotatable bonds is 5. The van der Waals surface area contributed by atoms with Crippen LogP contribution >= 0.6 is 0 Å². The molecule has 2 fully saturated rings. The van der Waals surface area contributed by atoms with Gasteiger partial charge in [0.1, 0.15) is 17.1 Å². The van der Waals surface area contributed by atoms with Crippen LogP contribution < -0.4 is 39.0 Å². The summed E-state index contributed by atoms with van der Waals surface area (Å²) in [5, 5.41) is 10.3. The number of carboxylic acids is 1. The Morgan fingerprint density at radius 2 is 1.86 bits per heavy atom. The predicted molar refractivity (Wildman–Crippen MR) is 152 cm³/mol. The Morgan fingerprint density at radius 1 is 1.07 bits per heavy atom. The first-order chi connectivity index (χ1) is 19.8. The number of Topliss-reactive ketones (excluding diaryl/α,β-unsaturated/α-hetero) is 1. The number of piperidine rings is 1. The number of nitrogens with zero attached hydrogens (tertiary/aromatic N) is 3. The predicted octanol–water partition coefficient (Wildman–Crippen LogP) is 2.50. The molecule has 1 amide bonds. The molecule has 10 heteroatoms. The first kappa shape index (κ1) is 28.5. The molecule has 0 atom stereocenters. The van der Waals surface area contributed by atoms with E-state index in [1.54, 1.807) is 25.3 Å². The molecule has 1 aliphatic carbocycles. The summed E-state index contributed by atoms with van der Waals surface area (Å²) >= 11 is 0. The van der Waals surface area contributed by atoms with Gasteiger partial charge in [-0.15, -0.1) is 0 Å². The van der Waals surface area contributed by atoms with E-state index >= 15 is 0 Å². The number of carbonyl (C=O) groups is 3. The van der Waals surface area contributed by atoms with Crippen LogP contribution in [0.15, 0.2) is 60.9 Å². The van der Waals surface area contributed by atoms with Gasteiger partial charge in [0.15, 0.2) is 5.78 Å². The van der Waals surface area contributed by atoms with Crippen LogP contribution in [0.25, 0.3) is 22.2 Å². The zero-order chi connectivity index (χ0) is 28.3. The Hall–Kier alpha value is -3.66. The van der Waals surface area contributed by atoms with Crippen LogP contribution in [0.2, 0.25) is 0 Å². The van der Waals surface area contributed by atoms with Crippen molar-refractivity contribution in [1.82, 2.24) is 14.5 Å². The van der Waals surface area contributed by atoms with Gasteiger partial charge in [0.2, 0.25) is 0 Å². The summed E-state index contributed by atoms with van der Waals surface area (Å²) in [5.74, 6) is 0.0893. The molecule has 2 aromatic carbocycles. The molecule has 3 aliphatic rings. The Kier molecular flexibility index (Phi) is 7.37. The number of benzene rings is 2. The molecule has 1 saturated carbocycles. The second-order valence-electron chi connectivity index (χ2n) is 11.2. The van der Waals surface area contributed by atoms with E-state index in [0.717, 1.165) is 23.7 Å². The van der Waals surface area contributed by atoms with Gasteiger partial charge in [-0.3, -0.25) is 14.6 Å². The van der Waals surface area contributed by atoms with Crippen molar-refractivity contribution in [1.29, 1.82) is 0 Å². The van der Waals surface area contributed by atoms with Gasteiger partial charge in [0.05, 0.1) is 35.9 Å². The summed E-state index contributed by atoms with van der Waals surface area (Å²) in [6, 6.07) is 14.5. The smallest absolute Gasteiger partial charge is 1.00 e. The van der Waals surface area contributed by atoms with E-state index in [1.165, 1.54) is 18.3 Å². The third-order valence-electron chi connectivity index (χ3n) is 8.56. The summed E-state index contributed by atoms with van der Waals surface area (Å²) in [6.07, 6.45) is 7.14. The van der Waals surface area contributed by atoms with E-state index in [1.807, 2.05) is 23.1 Å². The fourth-order valence-electron chi connectivity index (χ4n) is 6.15. The monoisotopic (exact) mass is 575 g/mol. The third kappa shape index (κ3) is 4.99. The van der Waals surface area contributed by atoms with Crippen molar-refractivity contribution < 1.29 is 59.9 Å². The average Bonchev–Trinajstić information content (AvgIpc) is 3.74. The van der Waals surface area contributed by atoms with Crippen LogP contribution in [0.5, 0.6) is 11.5 Å².